The van der Waals surface area contributed by atoms with Crippen molar-refractivity contribution in [2.24, 2.45) is 11.7 Å². The fourth-order valence-electron chi connectivity index (χ4n) is 4.79. The van der Waals surface area contributed by atoms with E-state index >= 15 is 0 Å². The average Bonchev–Trinajstić information content (AvgIpc) is 3.19. The highest BCUT2D eigenvalue weighted by Gasteiger charge is 2.36. The molecule has 2 aliphatic rings. The van der Waals surface area contributed by atoms with E-state index in [1.807, 2.05) is 19.9 Å². The van der Waals surface area contributed by atoms with Crippen molar-refractivity contribution >= 4 is 29.2 Å². The molecule has 4 N–H and O–H groups in total. The van der Waals surface area contributed by atoms with Crippen LogP contribution in [0.25, 0.3) is 11.6 Å². The minimum absolute atomic E-state index is 0.0396. The fourth-order valence-corrected chi connectivity index (χ4v) is 4.79. The number of aryl methyl sites for hydroxylation is 2. The Kier molecular flexibility index (Phi) is 6.20. The number of H-pyrrole nitrogens is 1. The SMILES string of the molecule is CCNC(=O)c1cc2c(cc1F)/C(=C/c1[nH]c(C)cc1C)C(=O)N2CC1CCC(N)CC1. The number of aromatic nitrogens is 1. The molecule has 0 bridgehead atoms. The van der Waals surface area contributed by atoms with Crippen LogP contribution in [0.2, 0.25) is 0 Å². The second-order valence-corrected chi connectivity index (χ2v) is 9.01. The summed E-state index contributed by atoms with van der Waals surface area (Å²) in [6.45, 7) is 6.65. The summed E-state index contributed by atoms with van der Waals surface area (Å²) in [5.41, 5.74) is 10.4. The molecule has 0 atom stereocenters. The molecule has 1 aliphatic carbocycles. The molecule has 2 heterocycles. The summed E-state index contributed by atoms with van der Waals surface area (Å²) < 4.78 is 14.9. The van der Waals surface area contributed by atoms with Gasteiger partial charge in [0.2, 0.25) is 0 Å². The number of nitrogens with one attached hydrogen (secondary N) is 2. The molecule has 0 unspecified atom stereocenters. The number of carbonyl (C=O) groups is 2. The summed E-state index contributed by atoms with van der Waals surface area (Å²) in [6.07, 6.45) is 5.59. The number of nitrogens with zero attached hydrogens (tertiary/aromatic N) is 1. The van der Waals surface area contributed by atoms with Crippen LogP contribution in [-0.2, 0) is 4.79 Å². The molecule has 1 fully saturated rings. The highest BCUT2D eigenvalue weighted by atomic mass is 19.1. The van der Waals surface area contributed by atoms with Gasteiger partial charge < -0.3 is 20.9 Å². The van der Waals surface area contributed by atoms with Crippen LogP contribution in [0.1, 0.15) is 65.5 Å². The molecule has 1 aliphatic heterocycles. The summed E-state index contributed by atoms with van der Waals surface area (Å²) in [7, 11) is 0. The van der Waals surface area contributed by atoms with Gasteiger partial charge in [-0.1, -0.05) is 0 Å². The lowest BCUT2D eigenvalue weighted by atomic mass is 9.86. The standard InChI is InChI=1S/C25H31FN4O2/c1-4-28-24(31)20-12-23-18(10-21(20)26)19(11-22-14(2)9-15(3)29-22)25(32)30(23)13-16-5-7-17(27)8-6-16/h9-12,16-17,29H,4-8,13,27H2,1-3H3,(H,28,31)/b19-11-. The van der Waals surface area contributed by atoms with Gasteiger partial charge in [0, 0.05) is 36.1 Å². The van der Waals surface area contributed by atoms with E-state index in [-0.39, 0.29) is 17.5 Å². The summed E-state index contributed by atoms with van der Waals surface area (Å²) >= 11 is 0. The van der Waals surface area contributed by atoms with Gasteiger partial charge in [0.05, 0.1) is 16.8 Å². The molecule has 1 aromatic heterocycles. The van der Waals surface area contributed by atoms with Crippen LogP contribution in [-0.4, -0.2) is 35.9 Å². The Morgan fingerprint density at radius 2 is 1.97 bits per heavy atom. The minimum atomic E-state index is -0.627. The zero-order valence-corrected chi connectivity index (χ0v) is 18.9. The minimum Gasteiger partial charge on any atom is -0.359 e. The topological polar surface area (TPSA) is 91.2 Å². The van der Waals surface area contributed by atoms with Crippen molar-refractivity contribution in [1.82, 2.24) is 10.3 Å². The third-order valence-corrected chi connectivity index (χ3v) is 6.53. The first-order valence-electron chi connectivity index (χ1n) is 11.4. The number of halogens is 1. The maximum atomic E-state index is 14.9. The highest BCUT2D eigenvalue weighted by molar-refractivity contribution is 6.36. The molecule has 170 valence electrons. The molecular formula is C25H31FN4O2. The fraction of sp³-hybridized carbons (Fsp3) is 0.440. The van der Waals surface area contributed by atoms with E-state index < -0.39 is 11.7 Å². The van der Waals surface area contributed by atoms with E-state index in [0.29, 0.717) is 35.8 Å². The number of carbonyl (C=O) groups excluding carboxylic acids is 2. The van der Waals surface area contributed by atoms with Crippen LogP contribution in [0.4, 0.5) is 10.1 Å². The van der Waals surface area contributed by atoms with E-state index in [1.54, 1.807) is 17.9 Å². The van der Waals surface area contributed by atoms with Crippen molar-refractivity contribution < 1.29 is 14.0 Å². The van der Waals surface area contributed by atoms with Crippen molar-refractivity contribution in [2.45, 2.75) is 52.5 Å². The molecule has 1 saturated carbocycles. The Balaban J connectivity index is 1.77. The predicted octanol–water partition coefficient (Wildman–Crippen LogP) is 3.93. The molecule has 2 aromatic rings. The molecule has 32 heavy (non-hydrogen) atoms. The van der Waals surface area contributed by atoms with Crippen LogP contribution in [0.5, 0.6) is 0 Å². The van der Waals surface area contributed by atoms with E-state index in [0.717, 1.165) is 42.6 Å². The molecule has 6 nitrogen and oxygen atoms in total. The van der Waals surface area contributed by atoms with Crippen molar-refractivity contribution in [3.8, 4) is 0 Å². The first kappa shape index (κ1) is 22.3. The Bertz CT molecular complexity index is 1080. The van der Waals surface area contributed by atoms with Crippen molar-refractivity contribution in [1.29, 1.82) is 0 Å². The van der Waals surface area contributed by atoms with Crippen molar-refractivity contribution in [3.63, 3.8) is 0 Å². The quantitative estimate of drug-likeness (QED) is 0.618. The van der Waals surface area contributed by atoms with Crippen LogP contribution in [0.15, 0.2) is 18.2 Å². The van der Waals surface area contributed by atoms with Gasteiger partial charge in [-0.3, -0.25) is 9.59 Å². The third-order valence-electron chi connectivity index (χ3n) is 6.53. The van der Waals surface area contributed by atoms with Crippen LogP contribution in [0.3, 0.4) is 0 Å². The van der Waals surface area contributed by atoms with Crippen molar-refractivity contribution in [3.05, 3.63) is 52.1 Å². The van der Waals surface area contributed by atoms with E-state index in [2.05, 4.69) is 10.3 Å². The number of hydrogen-bond donors (Lipinski definition) is 3. The van der Waals surface area contributed by atoms with Gasteiger partial charge in [0.25, 0.3) is 11.8 Å². The number of nitrogens with two attached hydrogens (primary N) is 1. The molecule has 0 spiro atoms. The lowest BCUT2D eigenvalue weighted by Crippen LogP contribution is -2.36. The zero-order valence-electron chi connectivity index (χ0n) is 18.9. The Morgan fingerprint density at radius 3 is 2.59 bits per heavy atom. The monoisotopic (exact) mass is 438 g/mol. The third kappa shape index (κ3) is 4.21. The van der Waals surface area contributed by atoms with Crippen LogP contribution in [0, 0.1) is 25.6 Å². The van der Waals surface area contributed by atoms with Gasteiger partial charge in [-0.05, 0) is 82.2 Å². The second-order valence-electron chi connectivity index (χ2n) is 9.01. The number of anilines is 1. The first-order chi connectivity index (χ1) is 15.3. The second kappa shape index (κ2) is 8.90. The Morgan fingerprint density at radius 1 is 1.25 bits per heavy atom. The van der Waals surface area contributed by atoms with Gasteiger partial charge in [0.1, 0.15) is 5.82 Å². The molecule has 7 heteroatoms. The van der Waals surface area contributed by atoms with Crippen molar-refractivity contribution in [2.75, 3.05) is 18.0 Å². The Labute approximate surface area is 188 Å². The van der Waals surface area contributed by atoms with Crippen LogP contribution >= 0.6 is 0 Å². The zero-order chi connectivity index (χ0) is 23.0. The summed E-state index contributed by atoms with van der Waals surface area (Å²) in [5, 5.41) is 2.65. The van der Waals surface area contributed by atoms with E-state index in [1.165, 1.54) is 12.1 Å². The lowest BCUT2D eigenvalue weighted by Gasteiger charge is -2.30. The average molecular weight is 439 g/mol. The smallest absolute Gasteiger partial charge is 0.259 e. The molecule has 2 amide bonds. The summed E-state index contributed by atoms with van der Waals surface area (Å²) in [6, 6.07) is 5.08. The molecule has 1 aromatic carbocycles. The lowest BCUT2D eigenvalue weighted by molar-refractivity contribution is -0.113. The van der Waals surface area contributed by atoms with Gasteiger partial charge in [0.15, 0.2) is 0 Å². The molecule has 0 radical (unpaired) electrons. The largest absolute Gasteiger partial charge is 0.359 e. The van der Waals surface area contributed by atoms with Gasteiger partial charge in [-0.25, -0.2) is 4.39 Å². The Hall–Kier alpha value is -2.93. The van der Waals surface area contributed by atoms with Gasteiger partial charge in [-0.15, -0.1) is 0 Å². The summed E-state index contributed by atoms with van der Waals surface area (Å²) in [4.78, 5) is 30.9. The van der Waals surface area contributed by atoms with Gasteiger partial charge >= 0.3 is 0 Å². The maximum Gasteiger partial charge on any atom is 0.259 e. The number of hydrogen-bond acceptors (Lipinski definition) is 3. The maximum absolute atomic E-state index is 14.9. The van der Waals surface area contributed by atoms with Gasteiger partial charge in [-0.2, -0.15) is 0 Å². The number of rotatable bonds is 5. The van der Waals surface area contributed by atoms with E-state index in [4.69, 9.17) is 5.73 Å². The molecule has 4 rings (SSSR count). The number of amides is 2. The number of fused-ring (bicyclic) bond motifs is 1. The molecule has 0 saturated heterocycles. The first-order valence-corrected chi connectivity index (χ1v) is 11.4. The molecular weight excluding hydrogens is 407 g/mol. The van der Waals surface area contributed by atoms with E-state index in [9.17, 15) is 14.0 Å². The normalized spacial score (nSPS) is 21.8. The summed E-state index contributed by atoms with van der Waals surface area (Å²) in [5.74, 6) is -0.928. The number of aromatic amines is 1. The number of benzene rings is 1. The highest BCUT2D eigenvalue weighted by Crippen LogP contribution is 2.41. The predicted molar refractivity (Wildman–Crippen MR) is 125 cm³/mol. The van der Waals surface area contributed by atoms with Crippen LogP contribution < -0.4 is 16.0 Å².